The highest BCUT2D eigenvalue weighted by molar-refractivity contribution is 6.05. The van der Waals surface area contributed by atoms with Crippen LogP contribution in [0.2, 0.25) is 0 Å². The summed E-state index contributed by atoms with van der Waals surface area (Å²) < 4.78 is 0. The number of hydrogen-bond acceptors (Lipinski definition) is 3. The fourth-order valence-corrected chi connectivity index (χ4v) is 2.43. The first-order chi connectivity index (χ1) is 10.7. The molecule has 0 unspecified atom stereocenters. The van der Waals surface area contributed by atoms with E-state index in [0.29, 0.717) is 6.54 Å². The van der Waals surface area contributed by atoms with E-state index in [1.807, 2.05) is 54.6 Å². The Morgan fingerprint density at radius 1 is 1.09 bits per heavy atom. The Morgan fingerprint density at radius 3 is 2.64 bits per heavy atom. The van der Waals surface area contributed by atoms with Crippen molar-refractivity contribution in [1.29, 1.82) is 0 Å². The van der Waals surface area contributed by atoms with Gasteiger partial charge in [-0.25, -0.2) is 0 Å². The first-order valence-corrected chi connectivity index (χ1v) is 7.18. The van der Waals surface area contributed by atoms with E-state index in [9.17, 15) is 9.59 Å². The number of rotatable bonds is 4. The Morgan fingerprint density at radius 2 is 1.82 bits per heavy atom. The first kappa shape index (κ1) is 14.1. The molecule has 0 aromatic heterocycles. The third-order valence-corrected chi connectivity index (χ3v) is 3.56. The summed E-state index contributed by atoms with van der Waals surface area (Å²) >= 11 is 0. The quantitative estimate of drug-likeness (QED) is 0.903. The van der Waals surface area contributed by atoms with Crippen molar-refractivity contribution < 1.29 is 9.59 Å². The molecule has 3 rings (SSSR count). The minimum atomic E-state index is -0.172. The maximum Gasteiger partial charge on any atom is 0.246 e. The average Bonchev–Trinajstić information content (AvgIpc) is 2.56. The zero-order valence-electron chi connectivity index (χ0n) is 12.1. The van der Waals surface area contributed by atoms with E-state index < -0.39 is 0 Å². The van der Waals surface area contributed by atoms with Gasteiger partial charge in [0.25, 0.3) is 0 Å². The Bertz CT molecular complexity index is 685. The number of anilines is 2. The van der Waals surface area contributed by atoms with Gasteiger partial charge in [0.15, 0.2) is 0 Å². The molecular formula is C17H17N3O2. The lowest BCUT2D eigenvalue weighted by Gasteiger charge is -2.29. The summed E-state index contributed by atoms with van der Waals surface area (Å²) in [5, 5.41) is 5.89. The SMILES string of the molecule is O=C(CN1C(=O)CNc2ccccc21)NCc1ccccc1. The van der Waals surface area contributed by atoms with E-state index in [-0.39, 0.29) is 24.9 Å². The summed E-state index contributed by atoms with van der Waals surface area (Å²) in [4.78, 5) is 25.7. The standard InChI is InChI=1S/C17H17N3O2/c21-16(19-10-13-6-2-1-3-7-13)12-20-15-9-5-4-8-14(15)18-11-17(20)22/h1-9,18H,10-12H2,(H,19,21). The van der Waals surface area contributed by atoms with Gasteiger partial charge in [-0.2, -0.15) is 0 Å². The molecule has 0 fully saturated rings. The van der Waals surface area contributed by atoms with Crippen molar-refractivity contribution in [2.24, 2.45) is 0 Å². The van der Waals surface area contributed by atoms with Crippen molar-refractivity contribution in [2.45, 2.75) is 6.54 Å². The second kappa shape index (κ2) is 6.30. The Labute approximate surface area is 128 Å². The van der Waals surface area contributed by atoms with E-state index >= 15 is 0 Å². The second-order valence-corrected chi connectivity index (χ2v) is 5.11. The maximum atomic E-state index is 12.1. The predicted octanol–water partition coefficient (Wildman–Crippen LogP) is 1.76. The van der Waals surface area contributed by atoms with Crippen LogP contribution in [0, 0.1) is 0 Å². The fourth-order valence-electron chi connectivity index (χ4n) is 2.43. The van der Waals surface area contributed by atoms with Gasteiger partial charge in [-0.1, -0.05) is 42.5 Å². The molecule has 2 amide bonds. The monoisotopic (exact) mass is 295 g/mol. The molecule has 0 saturated heterocycles. The largest absolute Gasteiger partial charge is 0.374 e. The number of fused-ring (bicyclic) bond motifs is 1. The van der Waals surface area contributed by atoms with Crippen molar-refractivity contribution in [2.75, 3.05) is 23.3 Å². The minimum Gasteiger partial charge on any atom is -0.374 e. The van der Waals surface area contributed by atoms with Crippen LogP contribution in [0.15, 0.2) is 54.6 Å². The minimum absolute atomic E-state index is 0.0321. The van der Waals surface area contributed by atoms with Crippen LogP contribution in [0.25, 0.3) is 0 Å². The van der Waals surface area contributed by atoms with Crippen molar-refractivity contribution in [1.82, 2.24) is 5.32 Å². The molecule has 0 radical (unpaired) electrons. The molecule has 2 N–H and O–H groups in total. The van der Waals surface area contributed by atoms with Gasteiger partial charge in [-0.3, -0.25) is 14.5 Å². The van der Waals surface area contributed by atoms with Crippen LogP contribution in [0.3, 0.4) is 0 Å². The highest BCUT2D eigenvalue weighted by Crippen LogP contribution is 2.28. The highest BCUT2D eigenvalue weighted by atomic mass is 16.2. The zero-order chi connectivity index (χ0) is 15.4. The van der Waals surface area contributed by atoms with Crippen molar-refractivity contribution in [3.8, 4) is 0 Å². The lowest BCUT2D eigenvalue weighted by molar-refractivity contribution is -0.123. The van der Waals surface area contributed by atoms with Crippen LogP contribution in [-0.4, -0.2) is 24.9 Å². The highest BCUT2D eigenvalue weighted by Gasteiger charge is 2.25. The molecule has 1 aliphatic rings. The van der Waals surface area contributed by atoms with Gasteiger partial charge in [-0.05, 0) is 17.7 Å². The molecule has 2 aromatic rings. The normalized spacial score (nSPS) is 13.3. The Kier molecular flexibility index (Phi) is 4.05. The second-order valence-electron chi connectivity index (χ2n) is 5.11. The van der Waals surface area contributed by atoms with E-state index in [0.717, 1.165) is 16.9 Å². The van der Waals surface area contributed by atoms with E-state index in [2.05, 4.69) is 10.6 Å². The molecule has 0 aliphatic carbocycles. The van der Waals surface area contributed by atoms with Gasteiger partial charge in [0.2, 0.25) is 11.8 Å². The summed E-state index contributed by atoms with van der Waals surface area (Å²) in [5.41, 5.74) is 2.65. The van der Waals surface area contributed by atoms with E-state index in [1.54, 1.807) is 0 Å². The summed E-state index contributed by atoms with van der Waals surface area (Å²) in [6.45, 7) is 0.703. The first-order valence-electron chi connectivity index (χ1n) is 7.18. The topological polar surface area (TPSA) is 61.4 Å². The molecule has 22 heavy (non-hydrogen) atoms. The molecular weight excluding hydrogens is 278 g/mol. The summed E-state index contributed by atoms with van der Waals surface area (Å²) in [6, 6.07) is 17.2. The Hall–Kier alpha value is -2.82. The van der Waals surface area contributed by atoms with Crippen LogP contribution in [0.5, 0.6) is 0 Å². The van der Waals surface area contributed by atoms with Crippen LogP contribution in [0.4, 0.5) is 11.4 Å². The molecule has 2 aromatic carbocycles. The molecule has 5 heteroatoms. The van der Waals surface area contributed by atoms with Crippen LogP contribution < -0.4 is 15.5 Å². The summed E-state index contributed by atoms with van der Waals surface area (Å²) in [5.74, 6) is -0.275. The number of amides is 2. The van der Waals surface area contributed by atoms with Crippen molar-refractivity contribution >= 4 is 23.2 Å². The zero-order valence-corrected chi connectivity index (χ0v) is 12.1. The molecule has 0 saturated carbocycles. The fraction of sp³-hybridized carbons (Fsp3) is 0.176. The van der Waals surface area contributed by atoms with Crippen molar-refractivity contribution in [3.63, 3.8) is 0 Å². The molecule has 0 spiro atoms. The van der Waals surface area contributed by atoms with E-state index in [4.69, 9.17) is 0 Å². The lowest BCUT2D eigenvalue weighted by Crippen LogP contribution is -2.45. The van der Waals surface area contributed by atoms with Gasteiger partial charge in [0.05, 0.1) is 17.9 Å². The molecule has 0 bridgehead atoms. The smallest absolute Gasteiger partial charge is 0.246 e. The number of nitrogens with one attached hydrogen (secondary N) is 2. The summed E-state index contributed by atoms with van der Waals surface area (Å²) in [6.07, 6.45) is 0. The molecule has 5 nitrogen and oxygen atoms in total. The molecule has 0 atom stereocenters. The lowest BCUT2D eigenvalue weighted by atomic mass is 10.2. The van der Waals surface area contributed by atoms with Crippen molar-refractivity contribution in [3.05, 3.63) is 60.2 Å². The van der Waals surface area contributed by atoms with Gasteiger partial charge in [0, 0.05) is 6.54 Å². The number of para-hydroxylation sites is 2. The number of nitrogens with zero attached hydrogens (tertiary/aromatic N) is 1. The third-order valence-electron chi connectivity index (χ3n) is 3.56. The predicted molar refractivity (Wildman–Crippen MR) is 85.6 cm³/mol. The third kappa shape index (κ3) is 3.09. The molecule has 1 heterocycles. The number of hydrogen-bond donors (Lipinski definition) is 2. The van der Waals surface area contributed by atoms with Crippen LogP contribution in [-0.2, 0) is 16.1 Å². The van der Waals surface area contributed by atoms with E-state index in [1.165, 1.54) is 4.90 Å². The van der Waals surface area contributed by atoms with Gasteiger partial charge in [0.1, 0.15) is 6.54 Å². The van der Waals surface area contributed by atoms with Gasteiger partial charge in [-0.15, -0.1) is 0 Å². The number of carbonyl (C=O) groups is 2. The molecule has 1 aliphatic heterocycles. The maximum absolute atomic E-state index is 12.1. The van der Waals surface area contributed by atoms with Gasteiger partial charge < -0.3 is 10.6 Å². The van der Waals surface area contributed by atoms with Crippen LogP contribution >= 0.6 is 0 Å². The summed E-state index contributed by atoms with van der Waals surface area (Å²) in [7, 11) is 0. The van der Waals surface area contributed by atoms with Gasteiger partial charge >= 0.3 is 0 Å². The van der Waals surface area contributed by atoms with Crippen LogP contribution in [0.1, 0.15) is 5.56 Å². The number of carbonyl (C=O) groups excluding carboxylic acids is 2. The number of benzene rings is 2. The Balaban J connectivity index is 1.65. The average molecular weight is 295 g/mol. The molecule has 112 valence electrons.